The number of amides is 1. The van der Waals surface area contributed by atoms with Crippen molar-refractivity contribution in [2.24, 2.45) is 0 Å². The highest BCUT2D eigenvalue weighted by Gasteiger charge is 2.31. The van der Waals surface area contributed by atoms with Crippen molar-refractivity contribution in [3.8, 4) is 0 Å². The van der Waals surface area contributed by atoms with Crippen LogP contribution in [0, 0.1) is 6.92 Å². The molecule has 1 aromatic heterocycles. The molecule has 0 saturated carbocycles. The predicted molar refractivity (Wildman–Crippen MR) is 66.6 cm³/mol. The van der Waals surface area contributed by atoms with E-state index in [1.807, 2.05) is 13.0 Å². The fourth-order valence-corrected chi connectivity index (χ4v) is 1.97. The number of esters is 1. The second-order valence-corrected chi connectivity index (χ2v) is 4.30. The first-order valence-electron chi connectivity index (χ1n) is 6.04. The van der Waals surface area contributed by atoms with Crippen LogP contribution < -0.4 is 0 Å². The van der Waals surface area contributed by atoms with E-state index in [1.165, 1.54) is 7.11 Å². The Kier molecular flexibility index (Phi) is 4.11. The normalized spacial score (nSPS) is 19.1. The molecule has 1 atom stereocenters. The summed E-state index contributed by atoms with van der Waals surface area (Å²) in [6.45, 7) is 2.79. The summed E-state index contributed by atoms with van der Waals surface area (Å²) >= 11 is 0. The molecule has 1 unspecified atom stereocenters. The van der Waals surface area contributed by atoms with Crippen molar-refractivity contribution in [3.05, 3.63) is 29.6 Å². The molecule has 1 amide bonds. The summed E-state index contributed by atoms with van der Waals surface area (Å²) in [5.41, 5.74) is 1.22. The van der Waals surface area contributed by atoms with Gasteiger partial charge in [0.05, 0.1) is 20.3 Å². The van der Waals surface area contributed by atoms with Crippen LogP contribution in [0.2, 0.25) is 0 Å². The summed E-state index contributed by atoms with van der Waals surface area (Å²) < 4.78 is 9.92. The molecule has 0 aromatic carbocycles. The number of aromatic nitrogens is 1. The number of nitrogens with zero attached hydrogens (tertiary/aromatic N) is 2. The van der Waals surface area contributed by atoms with Gasteiger partial charge in [0.15, 0.2) is 6.10 Å². The van der Waals surface area contributed by atoms with Gasteiger partial charge in [-0.1, -0.05) is 6.07 Å². The maximum Gasteiger partial charge on any atom is 0.336 e. The van der Waals surface area contributed by atoms with Gasteiger partial charge in [0.2, 0.25) is 0 Å². The van der Waals surface area contributed by atoms with E-state index in [1.54, 1.807) is 17.2 Å². The van der Waals surface area contributed by atoms with Crippen LogP contribution in [-0.2, 0) is 14.3 Å². The Hall–Kier alpha value is -1.95. The van der Waals surface area contributed by atoms with Gasteiger partial charge >= 0.3 is 5.97 Å². The molecule has 6 heteroatoms. The third kappa shape index (κ3) is 2.90. The summed E-state index contributed by atoms with van der Waals surface area (Å²) in [5, 5.41) is 0. The fourth-order valence-electron chi connectivity index (χ4n) is 1.97. The molecular formula is C13H16N2O4. The van der Waals surface area contributed by atoms with Gasteiger partial charge in [-0.3, -0.25) is 9.78 Å². The van der Waals surface area contributed by atoms with E-state index in [2.05, 4.69) is 9.72 Å². The molecule has 19 heavy (non-hydrogen) atoms. The van der Waals surface area contributed by atoms with Gasteiger partial charge in [0.1, 0.15) is 5.69 Å². The van der Waals surface area contributed by atoms with Crippen molar-refractivity contribution in [2.75, 3.05) is 26.8 Å². The lowest BCUT2D eigenvalue weighted by Gasteiger charge is -2.31. The Morgan fingerprint density at radius 2 is 2.32 bits per heavy atom. The lowest BCUT2D eigenvalue weighted by Crippen LogP contribution is -2.49. The van der Waals surface area contributed by atoms with E-state index >= 15 is 0 Å². The largest absolute Gasteiger partial charge is 0.467 e. The highest BCUT2D eigenvalue weighted by molar-refractivity contribution is 5.94. The number of rotatable bonds is 2. The smallest absolute Gasteiger partial charge is 0.336 e. The van der Waals surface area contributed by atoms with E-state index in [9.17, 15) is 9.59 Å². The Morgan fingerprint density at radius 3 is 3.00 bits per heavy atom. The van der Waals surface area contributed by atoms with E-state index in [4.69, 9.17) is 4.74 Å². The maximum atomic E-state index is 12.3. The zero-order valence-electron chi connectivity index (χ0n) is 11.0. The second kappa shape index (κ2) is 5.79. The van der Waals surface area contributed by atoms with E-state index in [0.717, 1.165) is 5.56 Å². The molecule has 1 aromatic rings. The third-order valence-electron chi connectivity index (χ3n) is 3.03. The lowest BCUT2D eigenvalue weighted by atomic mass is 10.2. The molecule has 2 heterocycles. The first-order valence-corrected chi connectivity index (χ1v) is 6.04. The summed E-state index contributed by atoms with van der Waals surface area (Å²) in [5.74, 6) is -0.648. The Morgan fingerprint density at radius 1 is 1.53 bits per heavy atom. The number of morpholine rings is 1. The maximum absolute atomic E-state index is 12.3. The van der Waals surface area contributed by atoms with Gasteiger partial charge < -0.3 is 14.4 Å². The van der Waals surface area contributed by atoms with Crippen molar-refractivity contribution in [1.29, 1.82) is 0 Å². The molecule has 0 N–H and O–H groups in total. The number of pyridine rings is 1. The van der Waals surface area contributed by atoms with E-state index in [-0.39, 0.29) is 12.5 Å². The molecule has 0 aliphatic carbocycles. The van der Waals surface area contributed by atoms with Crippen molar-refractivity contribution in [1.82, 2.24) is 9.88 Å². The summed E-state index contributed by atoms with van der Waals surface area (Å²) in [6.07, 6.45) is 0.866. The number of ether oxygens (including phenoxy) is 2. The average molecular weight is 264 g/mol. The Balaban J connectivity index is 2.11. The highest BCUT2D eigenvalue weighted by Crippen LogP contribution is 2.12. The van der Waals surface area contributed by atoms with Crippen LogP contribution in [0.3, 0.4) is 0 Å². The molecular weight excluding hydrogens is 248 g/mol. The summed E-state index contributed by atoms with van der Waals surface area (Å²) in [4.78, 5) is 29.4. The number of aryl methyl sites for hydroxylation is 1. The molecule has 0 radical (unpaired) electrons. The van der Waals surface area contributed by atoms with Gasteiger partial charge in [-0.25, -0.2) is 4.79 Å². The number of hydrogen-bond acceptors (Lipinski definition) is 5. The highest BCUT2D eigenvalue weighted by atomic mass is 16.6. The van der Waals surface area contributed by atoms with Crippen LogP contribution in [0.5, 0.6) is 0 Å². The standard InChI is InChI=1S/C13H16N2O4/c1-9-4-3-5-14-11(9)12(16)15-6-7-19-10(8-15)13(17)18-2/h3-5,10H,6-8H2,1-2H3. The van der Waals surface area contributed by atoms with E-state index < -0.39 is 12.1 Å². The van der Waals surface area contributed by atoms with E-state index in [0.29, 0.717) is 18.8 Å². The Labute approximate surface area is 111 Å². The predicted octanol–water partition coefficient (Wildman–Crippen LogP) is 0.404. The van der Waals surface area contributed by atoms with Crippen LogP contribution in [0.15, 0.2) is 18.3 Å². The van der Waals surface area contributed by atoms with Crippen molar-refractivity contribution >= 4 is 11.9 Å². The SMILES string of the molecule is COC(=O)C1CN(C(=O)c2ncccc2C)CCO1. The molecule has 1 saturated heterocycles. The minimum absolute atomic E-state index is 0.185. The lowest BCUT2D eigenvalue weighted by molar-refractivity contribution is -0.158. The van der Waals surface area contributed by atoms with Crippen molar-refractivity contribution < 1.29 is 19.1 Å². The molecule has 6 nitrogen and oxygen atoms in total. The monoisotopic (exact) mass is 264 g/mol. The van der Waals surface area contributed by atoms with Crippen LogP contribution in [0.1, 0.15) is 16.1 Å². The first-order chi connectivity index (χ1) is 9.13. The number of carbonyl (C=O) groups is 2. The van der Waals surface area contributed by atoms with Gasteiger partial charge in [-0.05, 0) is 18.6 Å². The quantitative estimate of drug-likeness (QED) is 0.723. The zero-order valence-corrected chi connectivity index (χ0v) is 11.0. The van der Waals surface area contributed by atoms with Crippen LogP contribution in [-0.4, -0.2) is 54.7 Å². The third-order valence-corrected chi connectivity index (χ3v) is 3.03. The Bertz CT molecular complexity index is 489. The fraction of sp³-hybridized carbons (Fsp3) is 0.462. The molecule has 1 fully saturated rings. The average Bonchev–Trinajstić information content (AvgIpc) is 2.46. The van der Waals surface area contributed by atoms with Crippen LogP contribution >= 0.6 is 0 Å². The van der Waals surface area contributed by atoms with Gasteiger partial charge in [-0.15, -0.1) is 0 Å². The van der Waals surface area contributed by atoms with Crippen LogP contribution in [0.25, 0.3) is 0 Å². The number of carbonyl (C=O) groups excluding carboxylic acids is 2. The molecule has 2 rings (SSSR count). The first kappa shape index (κ1) is 13.5. The summed E-state index contributed by atoms with van der Waals surface area (Å²) in [7, 11) is 1.30. The molecule has 1 aliphatic heterocycles. The molecule has 102 valence electrons. The topological polar surface area (TPSA) is 68.7 Å². The minimum Gasteiger partial charge on any atom is -0.467 e. The second-order valence-electron chi connectivity index (χ2n) is 4.30. The summed E-state index contributed by atoms with van der Waals surface area (Å²) in [6, 6.07) is 3.61. The zero-order chi connectivity index (χ0) is 13.8. The van der Waals surface area contributed by atoms with Gasteiger partial charge in [-0.2, -0.15) is 0 Å². The van der Waals surface area contributed by atoms with Crippen LogP contribution in [0.4, 0.5) is 0 Å². The minimum atomic E-state index is -0.716. The van der Waals surface area contributed by atoms with Crippen molar-refractivity contribution in [2.45, 2.75) is 13.0 Å². The molecule has 0 bridgehead atoms. The number of methoxy groups -OCH3 is 1. The molecule has 1 aliphatic rings. The number of hydrogen-bond donors (Lipinski definition) is 0. The molecule has 0 spiro atoms. The van der Waals surface area contributed by atoms with Gasteiger partial charge in [0, 0.05) is 12.7 Å². The van der Waals surface area contributed by atoms with Gasteiger partial charge in [0.25, 0.3) is 5.91 Å². The van der Waals surface area contributed by atoms with Crippen molar-refractivity contribution in [3.63, 3.8) is 0 Å².